The normalized spacial score (nSPS) is 10.0. The minimum absolute atomic E-state index is 0.425. The molecule has 112 valence electrons. The van der Waals surface area contributed by atoms with Crippen LogP contribution in [-0.2, 0) is 12.8 Å². The van der Waals surface area contributed by atoms with Crippen molar-refractivity contribution in [2.45, 2.75) is 12.8 Å². The molecule has 0 unspecified atom stereocenters. The number of hydrogen-bond acceptors (Lipinski definition) is 2. The van der Waals surface area contributed by atoms with Crippen LogP contribution in [0, 0.1) is 11.3 Å². The summed E-state index contributed by atoms with van der Waals surface area (Å²) in [6.45, 7) is 0. The second-order valence-corrected chi connectivity index (χ2v) is 5.39. The Bertz CT molecular complexity index is 784. The predicted octanol–water partition coefficient (Wildman–Crippen LogP) is 5.14. The van der Waals surface area contributed by atoms with E-state index in [4.69, 9.17) is 10.00 Å². The molecule has 0 amide bonds. The van der Waals surface area contributed by atoms with Gasteiger partial charge in [0, 0.05) is 0 Å². The molecular weight excluding hydrogens is 282 g/mol. The van der Waals surface area contributed by atoms with Gasteiger partial charge in [0.2, 0.25) is 0 Å². The van der Waals surface area contributed by atoms with Crippen LogP contribution in [0.1, 0.15) is 16.7 Å². The molecule has 0 aliphatic heterocycles. The van der Waals surface area contributed by atoms with Crippen molar-refractivity contribution in [3.8, 4) is 17.6 Å². The molecule has 0 fully saturated rings. The van der Waals surface area contributed by atoms with Gasteiger partial charge in [-0.3, -0.25) is 0 Å². The molecule has 0 aliphatic rings. The van der Waals surface area contributed by atoms with E-state index in [1.165, 1.54) is 11.1 Å². The summed E-state index contributed by atoms with van der Waals surface area (Å²) >= 11 is 0. The molecule has 2 nitrogen and oxygen atoms in total. The molecule has 0 atom stereocenters. The van der Waals surface area contributed by atoms with Crippen molar-refractivity contribution in [1.29, 1.82) is 5.26 Å². The summed E-state index contributed by atoms with van der Waals surface area (Å²) in [5, 5.41) is 8.67. The van der Waals surface area contributed by atoms with Gasteiger partial charge in [-0.15, -0.1) is 0 Å². The Labute approximate surface area is 136 Å². The first kappa shape index (κ1) is 14.9. The van der Waals surface area contributed by atoms with Crippen LogP contribution in [0.4, 0.5) is 0 Å². The van der Waals surface area contributed by atoms with Crippen LogP contribution in [0.5, 0.6) is 11.5 Å². The Balaban J connectivity index is 1.64. The Morgan fingerprint density at radius 1 is 0.652 bits per heavy atom. The Morgan fingerprint density at radius 2 is 1.17 bits per heavy atom. The summed E-state index contributed by atoms with van der Waals surface area (Å²) in [5.74, 6) is 1.59. The average molecular weight is 299 g/mol. The Morgan fingerprint density at radius 3 is 1.74 bits per heavy atom. The average Bonchev–Trinajstić information content (AvgIpc) is 2.60. The SMILES string of the molecule is N#CCc1ccc(Oc2ccc(Cc3ccccc3)cc2)cc1. The van der Waals surface area contributed by atoms with E-state index in [1.54, 1.807) is 0 Å². The molecule has 3 aromatic carbocycles. The molecule has 0 saturated carbocycles. The molecule has 0 heterocycles. The van der Waals surface area contributed by atoms with Crippen molar-refractivity contribution < 1.29 is 4.74 Å². The first-order valence-electron chi connectivity index (χ1n) is 7.60. The maximum Gasteiger partial charge on any atom is 0.127 e. The molecule has 0 aliphatic carbocycles. The van der Waals surface area contributed by atoms with E-state index in [2.05, 4.69) is 42.5 Å². The van der Waals surface area contributed by atoms with Crippen LogP contribution < -0.4 is 4.74 Å². The van der Waals surface area contributed by atoms with Gasteiger partial charge < -0.3 is 4.74 Å². The van der Waals surface area contributed by atoms with Gasteiger partial charge in [-0.2, -0.15) is 5.26 Å². The molecule has 0 aromatic heterocycles. The Hall–Kier alpha value is -3.05. The number of rotatable bonds is 5. The largest absolute Gasteiger partial charge is 0.457 e. The van der Waals surface area contributed by atoms with Crippen LogP contribution in [0.2, 0.25) is 0 Å². The molecule has 0 radical (unpaired) electrons. The number of hydrogen-bond donors (Lipinski definition) is 0. The van der Waals surface area contributed by atoms with Crippen molar-refractivity contribution in [3.63, 3.8) is 0 Å². The summed E-state index contributed by atoms with van der Waals surface area (Å²) < 4.78 is 5.83. The molecule has 3 rings (SSSR count). The highest BCUT2D eigenvalue weighted by atomic mass is 16.5. The smallest absolute Gasteiger partial charge is 0.127 e. The third-order valence-corrected chi connectivity index (χ3v) is 3.62. The lowest BCUT2D eigenvalue weighted by Gasteiger charge is -2.07. The summed E-state index contributed by atoms with van der Waals surface area (Å²) in [4.78, 5) is 0. The molecule has 0 bridgehead atoms. The molecule has 2 heteroatoms. The molecule has 0 N–H and O–H groups in total. The highest BCUT2D eigenvalue weighted by Gasteiger charge is 2.00. The highest BCUT2D eigenvalue weighted by molar-refractivity contribution is 5.36. The van der Waals surface area contributed by atoms with Crippen molar-refractivity contribution >= 4 is 0 Å². The molecule has 3 aromatic rings. The number of benzene rings is 3. The highest BCUT2D eigenvalue weighted by Crippen LogP contribution is 2.23. The first-order valence-corrected chi connectivity index (χ1v) is 7.60. The fraction of sp³-hybridized carbons (Fsp3) is 0.0952. The van der Waals surface area contributed by atoms with Gasteiger partial charge in [0.05, 0.1) is 12.5 Å². The zero-order chi connectivity index (χ0) is 15.9. The summed E-state index contributed by atoms with van der Waals surface area (Å²) in [6.07, 6.45) is 1.35. The second-order valence-electron chi connectivity index (χ2n) is 5.39. The standard InChI is InChI=1S/C21H17NO/c22-15-14-17-6-10-20(11-7-17)23-21-12-8-19(9-13-21)16-18-4-2-1-3-5-18/h1-13H,14,16H2. The minimum atomic E-state index is 0.425. The van der Waals surface area contributed by atoms with E-state index in [0.717, 1.165) is 23.5 Å². The molecule has 23 heavy (non-hydrogen) atoms. The number of ether oxygens (including phenoxy) is 1. The summed E-state index contributed by atoms with van der Waals surface area (Å²) in [5.41, 5.74) is 3.56. The van der Waals surface area contributed by atoms with Gasteiger partial charge >= 0.3 is 0 Å². The fourth-order valence-electron chi connectivity index (χ4n) is 2.41. The lowest BCUT2D eigenvalue weighted by molar-refractivity contribution is 0.482. The zero-order valence-electron chi connectivity index (χ0n) is 12.8. The quantitative estimate of drug-likeness (QED) is 0.654. The van der Waals surface area contributed by atoms with E-state index in [1.807, 2.05) is 42.5 Å². The van der Waals surface area contributed by atoms with E-state index >= 15 is 0 Å². The van der Waals surface area contributed by atoms with Crippen LogP contribution in [0.3, 0.4) is 0 Å². The maximum absolute atomic E-state index is 8.67. The molecular formula is C21H17NO. The van der Waals surface area contributed by atoms with E-state index in [9.17, 15) is 0 Å². The predicted molar refractivity (Wildman–Crippen MR) is 91.5 cm³/mol. The monoisotopic (exact) mass is 299 g/mol. The second kappa shape index (κ2) is 7.29. The van der Waals surface area contributed by atoms with Gasteiger partial charge in [-0.1, -0.05) is 54.6 Å². The van der Waals surface area contributed by atoms with Crippen molar-refractivity contribution in [1.82, 2.24) is 0 Å². The van der Waals surface area contributed by atoms with Crippen LogP contribution in [0.25, 0.3) is 0 Å². The summed E-state index contributed by atoms with van der Waals surface area (Å²) in [6, 6.07) is 28.3. The Kier molecular flexibility index (Phi) is 4.71. The van der Waals surface area contributed by atoms with Crippen LogP contribution in [-0.4, -0.2) is 0 Å². The molecule has 0 spiro atoms. The lowest BCUT2D eigenvalue weighted by Crippen LogP contribution is -1.89. The van der Waals surface area contributed by atoms with Gasteiger partial charge in [0.15, 0.2) is 0 Å². The van der Waals surface area contributed by atoms with E-state index in [0.29, 0.717) is 6.42 Å². The third kappa shape index (κ3) is 4.21. The maximum atomic E-state index is 8.67. The van der Waals surface area contributed by atoms with E-state index in [-0.39, 0.29) is 0 Å². The zero-order valence-corrected chi connectivity index (χ0v) is 12.8. The van der Waals surface area contributed by atoms with Gasteiger partial charge in [0.25, 0.3) is 0 Å². The number of nitrogens with zero attached hydrogens (tertiary/aromatic N) is 1. The third-order valence-electron chi connectivity index (χ3n) is 3.62. The van der Waals surface area contributed by atoms with E-state index < -0.39 is 0 Å². The van der Waals surface area contributed by atoms with Crippen molar-refractivity contribution in [3.05, 3.63) is 95.6 Å². The molecule has 0 saturated heterocycles. The van der Waals surface area contributed by atoms with Gasteiger partial charge in [-0.05, 0) is 47.4 Å². The van der Waals surface area contributed by atoms with Crippen molar-refractivity contribution in [2.75, 3.05) is 0 Å². The van der Waals surface area contributed by atoms with Crippen LogP contribution >= 0.6 is 0 Å². The van der Waals surface area contributed by atoms with Gasteiger partial charge in [-0.25, -0.2) is 0 Å². The first-order chi connectivity index (χ1) is 11.3. The topological polar surface area (TPSA) is 33.0 Å². The van der Waals surface area contributed by atoms with Crippen LogP contribution in [0.15, 0.2) is 78.9 Å². The fourth-order valence-corrected chi connectivity index (χ4v) is 2.41. The minimum Gasteiger partial charge on any atom is -0.457 e. The summed E-state index contributed by atoms with van der Waals surface area (Å²) in [7, 11) is 0. The van der Waals surface area contributed by atoms with Crippen molar-refractivity contribution in [2.24, 2.45) is 0 Å². The number of nitriles is 1. The lowest BCUT2D eigenvalue weighted by atomic mass is 10.1. The van der Waals surface area contributed by atoms with Gasteiger partial charge in [0.1, 0.15) is 11.5 Å².